The number of hydrogen-bond donors (Lipinski definition) is 1. The van der Waals surface area contributed by atoms with Crippen molar-refractivity contribution in [2.24, 2.45) is 4.99 Å². The average molecular weight is 329 g/mol. The number of aliphatic hydroxyl groups excluding tert-OH is 1. The Labute approximate surface area is 141 Å². The Morgan fingerprint density at radius 2 is 2.38 bits per heavy atom. The number of pyridine rings is 1. The quantitative estimate of drug-likeness (QED) is 0.582. The molecule has 126 valence electrons. The normalized spacial score (nSPS) is 22.3. The van der Waals surface area contributed by atoms with Gasteiger partial charge in [0, 0.05) is 0 Å². The molecule has 0 radical (unpaired) electrons. The van der Waals surface area contributed by atoms with Crippen molar-refractivity contribution >= 4 is 25.2 Å². The zero-order chi connectivity index (χ0) is 17.5. The number of amides is 1. The number of likely N-dealkylation sites (tertiary alicyclic amines) is 1. The molecular formula is C16H20BN3O4. The van der Waals surface area contributed by atoms with Gasteiger partial charge in [0.25, 0.3) is 0 Å². The van der Waals surface area contributed by atoms with Gasteiger partial charge in [-0.25, -0.2) is 0 Å². The van der Waals surface area contributed by atoms with Crippen LogP contribution in [0.2, 0.25) is 0 Å². The zero-order valence-corrected chi connectivity index (χ0v) is 13.7. The SMILES string of the molecule is COc1ccc(/C=C/C(O)CN2C(=O)C(N=CB=O)CC2C)cn1. The van der Waals surface area contributed by atoms with Crippen molar-refractivity contribution in [2.45, 2.75) is 31.5 Å². The van der Waals surface area contributed by atoms with Crippen LogP contribution < -0.4 is 4.74 Å². The van der Waals surface area contributed by atoms with Gasteiger partial charge in [-0.1, -0.05) is 0 Å². The van der Waals surface area contributed by atoms with Gasteiger partial charge in [-0.15, -0.1) is 0 Å². The van der Waals surface area contributed by atoms with E-state index in [-0.39, 0.29) is 18.5 Å². The van der Waals surface area contributed by atoms with Crippen LogP contribution >= 0.6 is 0 Å². The molecule has 0 aliphatic carbocycles. The van der Waals surface area contributed by atoms with Crippen LogP contribution in [-0.2, 0) is 9.50 Å². The van der Waals surface area contributed by atoms with Crippen LogP contribution in [0.15, 0.2) is 29.4 Å². The van der Waals surface area contributed by atoms with Crippen LogP contribution in [0.1, 0.15) is 18.9 Å². The molecule has 2 rings (SSSR count). The molecule has 3 unspecified atom stereocenters. The minimum atomic E-state index is -0.799. The summed E-state index contributed by atoms with van der Waals surface area (Å²) < 4.78 is 15.3. The number of aliphatic hydroxyl groups is 1. The predicted octanol–water partition coefficient (Wildman–Crippen LogP) is 0.532. The molecule has 0 spiro atoms. The number of rotatable bonds is 7. The van der Waals surface area contributed by atoms with Crippen molar-refractivity contribution in [1.82, 2.24) is 9.88 Å². The first-order chi connectivity index (χ1) is 11.5. The van der Waals surface area contributed by atoms with Crippen molar-refractivity contribution in [3.63, 3.8) is 0 Å². The monoisotopic (exact) mass is 329 g/mol. The number of ether oxygens (including phenoxy) is 1. The number of carbonyl (C=O) groups excluding carboxylic acids is 1. The van der Waals surface area contributed by atoms with Gasteiger partial charge < -0.3 is 4.74 Å². The van der Waals surface area contributed by atoms with E-state index in [1.54, 1.807) is 36.4 Å². The number of carbonyl (C=O) groups is 1. The molecule has 1 aliphatic heterocycles. The van der Waals surface area contributed by atoms with Crippen molar-refractivity contribution in [1.29, 1.82) is 0 Å². The first-order valence-electron chi connectivity index (χ1n) is 7.69. The van der Waals surface area contributed by atoms with Gasteiger partial charge in [-0.05, 0) is 0 Å². The molecule has 1 saturated heterocycles. The van der Waals surface area contributed by atoms with Crippen LogP contribution in [0.5, 0.6) is 5.88 Å². The summed E-state index contributed by atoms with van der Waals surface area (Å²) in [5.41, 5.74) is 0.823. The van der Waals surface area contributed by atoms with Gasteiger partial charge in [-0.3, -0.25) is 0 Å². The van der Waals surface area contributed by atoms with E-state index in [1.165, 1.54) is 0 Å². The van der Waals surface area contributed by atoms with Crippen LogP contribution in [0, 0.1) is 0 Å². The van der Waals surface area contributed by atoms with Crippen molar-refractivity contribution < 1.29 is 19.3 Å². The summed E-state index contributed by atoms with van der Waals surface area (Å²) in [6.07, 6.45) is 5.84. The average Bonchev–Trinajstić information content (AvgIpc) is 2.86. The number of methoxy groups -OCH3 is 1. The molecule has 3 atom stereocenters. The summed E-state index contributed by atoms with van der Waals surface area (Å²) in [6.45, 7) is 2.09. The topological polar surface area (TPSA) is 92.1 Å². The molecule has 1 aromatic rings. The van der Waals surface area contributed by atoms with Crippen molar-refractivity contribution in [3.8, 4) is 5.88 Å². The van der Waals surface area contributed by atoms with Crippen LogP contribution in [-0.4, -0.2) is 66.0 Å². The Morgan fingerprint density at radius 3 is 3.00 bits per heavy atom. The molecule has 1 amide bonds. The van der Waals surface area contributed by atoms with E-state index >= 15 is 0 Å². The van der Waals surface area contributed by atoms with Gasteiger partial charge in [0.2, 0.25) is 5.88 Å². The summed E-state index contributed by atoms with van der Waals surface area (Å²) in [5.74, 6) is 0.352. The van der Waals surface area contributed by atoms with E-state index in [9.17, 15) is 14.6 Å². The number of aromatic nitrogens is 1. The summed E-state index contributed by atoms with van der Waals surface area (Å²) >= 11 is 0. The number of hydrogen-bond acceptors (Lipinski definition) is 6. The molecule has 1 aromatic heterocycles. The Kier molecular flexibility index (Phi) is 6.37. The van der Waals surface area contributed by atoms with E-state index in [0.29, 0.717) is 19.5 Å². The van der Waals surface area contributed by atoms with E-state index in [1.807, 2.05) is 13.0 Å². The number of nitrogens with zero attached hydrogens (tertiary/aromatic N) is 3. The maximum atomic E-state index is 12.2. The van der Waals surface area contributed by atoms with Gasteiger partial charge in [0.15, 0.2) is 0 Å². The van der Waals surface area contributed by atoms with Gasteiger partial charge in [-0.2, -0.15) is 0 Å². The Balaban J connectivity index is 1.94. The number of β-amino-alcohol motifs (C(OH)–C–C–N with tert-alkyl or cyclic N) is 1. The van der Waals surface area contributed by atoms with Gasteiger partial charge in [0.05, 0.1) is 7.11 Å². The summed E-state index contributed by atoms with van der Waals surface area (Å²) in [7, 11) is 2.10. The molecule has 2 heterocycles. The molecule has 8 heteroatoms. The standard InChI is InChI=1S/C16H20BN3O4/c1-11-7-14(19-10-17-23)16(22)20(11)9-13(21)5-3-12-4-6-15(24-2)18-8-12/h3-6,8,10-11,13-14,21H,7,9H2,1-2H3/b5-3+,19-10?. The molecule has 24 heavy (non-hydrogen) atoms. The fraction of sp³-hybridized carbons (Fsp3) is 0.438. The summed E-state index contributed by atoms with van der Waals surface area (Å²) in [4.78, 5) is 21.8. The Bertz CT molecular complexity index is 633. The molecule has 0 aromatic carbocycles. The third-order valence-electron chi connectivity index (χ3n) is 3.85. The number of aliphatic imine (C=N–C) groups is 1. The van der Waals surface area contributed by atoms with Gasteiger partial charge in [0.1, 0.15) is 0 Å². The third-order valence-corrected chi connectivity index (χ3v) is 3.85. The zero-order valence-electron chi connectivity index (χ0n) is 13.7. The van der Waals surface area contributed by atoms with Gasteiger partial charge >= 0.3 is 123 Å². The predicted molar refractivity (Wildman–Crippen MR) is 90.3 cm³/mol. The first-order valence-corrected chi connectivity index (χ1v) is 7.69. The molecule has 0 saturated carbocycles. The fourth-order valence-corrected chi connectivity index (χ4v) is 2.59. The second kappa shape index (κ2) is 8.49. The molecule has 0 bridgehead atoms. The van der Waals surface area contributed by atoms with Crippen molar-refractivity contribution in [2.75, 3.05) is 13.7 Å². The van der Waals surface area contributed by atoms with Crippen LogP contribution in [0.4, 0.5) is 0 Å². The van der Waals surface area contributed by atoms with Crippen LogP contribution in [0.25, 0.3) is 6.08 Å². The third kappa shape index (κ3) is 4.58. The van der Waals surface area contributed by atoms with E-state index in [4.69, 9.17) is 4.74 Å². The molecule has 7 nitrogen and oxygen atoms in total. The molecule has 1 aliphatic rings. The fourth-order valence-electron chi connectivity index (χ4n) is 2.59. The van der Waals surface area contributed by atoms with Crippen LogP contribution in [0.3, 0.4) is 0 Å². The van der Waals surface area contributed by atoms with E-state index in [2.05, 4.69) is 9.98 Å². The van der Waals surface area contributed by atoms with E-state index < -0.39 is 12.1 Å². The Morgan fingerprint density at radius 1 is 1.58 bits per heavy atom. The second-order valence-electron chi connectivity index (χ2n) is 5.59. The minimum absolute atomic E-state index is 0.0306. The van der Waals surface area contributed by atoms with Crippen molar-refractivity contribution in [3.05, 3.63) is 30.0 Å². The summed E-state index contributed by atoms with van der Waals surface area (Å²) in [5, 5.41) is 10.1. The summed E-state index contributed by atoms with van der Waals surface area (Å²) in [6, 6.07) is 2.99. The molecule has 1 N–H and O–H groups in total. The molecular weight excluding hydrogens is 309 g/mol. The maximum absolute atomic E-state index is 12.2. The second-order valence-corrected chi connectivity index (χ2v) is 5.59. The molecule has 1 fully saturated rings. The van der Waals surface area contributed by atoms with E-state index in [0.717, 1.165) is 11.7 Å². The Hall–Kier alpha value is -2.35. The first kappa shape index (κ1) is 18.0.